The van der Waals surface area contributed by atoms with Crippen molar-refractivity contribution in [1.29, 1.82) is 0 Å². The first kappa shape index (κ1) is 8.64. The first-order chi connectivity index (χ1) is 5.65. The van der Waals surface area contributed by atoms with Gasteiger partial charge in [-0.15, -0.1) is 0 Å². The third kappa shape index (κ3) is 1.58. The zero-order valence-electron chi connectivity index (χ0n) is 7.02. The molecule has 0 amide bonds. The maximum atomic E-state index is 11.1. The van der Waals surface area contributed by atoms with Gasteiger partial charge in [0.05, 0.1) is 6.04 Å². The highest BCUT2D eigenvalue weighted by Crippen LogP contribution is 1.96. The van der Waals surface area contributed by atoms with Gasteiger partial charge in [0, 0.05) is 6.07 Å². The minimum atomic E-state index is -0.185. The van der Waals surface area contributed by atoms with Crippen molar-refractivity contribution in [2.45, 2.75) is 19.9 Å². The number of rotatable bonds is 2. The van der Waals surface area contributed by atoms with Gasteiger partial charge in [-0.1, -0.05) is 0 Å². The molecule has 0 spiro atoms. The average Bonchev–Trinajstić information content (AvgIpc) is 2.05. The number of carbonyl (C=O) groups is 1. The molecule has 0 aliphatic carbocycles. The predicted octanol–water partition coefficient (Wildman–Crippen LogP) is 0.637. The highest BCUT2D eigenvalue weighted by molar-refractivity contribution is 5.70. The minimum Gasteiger partial charge on any atom is -0.296 e. The summed E-state index contributed by atoms with van der Waals surface area (Å²) in [5.74, 6) is 0. The summed E-state index contributed by atoms with van der Waals surface area (Å²) in [5.41, 5.74) is 0.0962. The zero-order chi connectivity index (χ0) is 9.14. The Hall–Kier alpha value is -1.45. The summed E-state index contributed by atoms with van der Waals surface area (Å²) in [4.78, 5) is 21.4. The summed E-state index contributed by atoms with van der Waals surface area (Å²) < 4.78 is 1.28. The molecule has 1 aromatic rings. The molecule has 0 N–H and O–H groups in total. The van der Waals surface area contributed by atoms with Crippen molar-refractivity contribution >= 4 is 6.29 Å². The van der Waals surface area contributed by atoms with Gasteiger partial charge in [-0.2, -0.15) is 5.10 Å². The molecule has 0 atom stereocenters. The maximum Gasteiger partial charge on any atom is 0.267 e. The van der Waals surface area contributed by atoms with Crippen LogP contribution in [0.25, 0.3) is 0 Å². The predicted molar refractivity (Wildman–Crippen MR) is 44.3 cm³/mol. The molecule has 0 aliphatic heterocycles. The van der Waals surface area contributed by atoms with Crippen LogP contribution >= 0.6 is 0 Å². The van der Waals surface area contributed by atoms with Gasteiger partial charge in [0.25, 0.3) is 5.56 Å². The summed E-state index contributed by atoms with van der Waals surface area (Å²) in [7, 11) is 0. The fraction of sp³-hybridized carbons (Fsp3) is 0.375. The molecule has 1 heterocycles. The molecule has 1 aromatic heterocycles. The number of hydrogen-bond donors (Lipinski definition) is 0. The summed E-state index contributed by atoms with van der Waals surface area (Å²) in [5, 5.41) is 3.83. The Morgan fingerprint density at radius 1 is 1.50 bits per heavy atom. The molecular weight excluding hydrogens is 156 g/mol. The molecule has 0 fully saturated rings. The van der Waals surface area contributed by atoms with Crippen molar-refractivity contribution in [2.75, 3.05) is 0 Å². The van der Waals surface area contributed by atoms with E-state index in [4.69, 9.17) is 0 Å². The third-order valence-electron chi connectivity index (χ3n) is 1.46. The van der Waals surface area contributed by atoms with E-state index in [-0.39, 0.29) is 17.3 Å². The normalized spacial score (nSPS) is 10.2. The Kier molecular flexibility index (Phi) is 2.38. The molecule has 0 unspecified atom stereocenters. The lowest BCUT2D eigenvalue weighted by atomic mass is 10.4. The number of aromatic nitrogens is 2. The Morgan fingerprint density at radius 2 is 2.17 bits per heavy atom. The summed E-state index contributed by atoms with van der Waals surface area (Å²) in [6.07, 6.45) is 0.623. The molecule has 4 heteroatoms. The monoisotopic (exact) mass is 166 g/mol. The van der Waals surface area contributed by atoms with Crippen molar-refractivity contribution in [3.63, 3.8) is 0 Å². The highest BCUT2D eigenvalue weighted by Gasteiger charge is 2.02. The van der Waals surface area contributed by atoms with Crippen LogP contribution in [-0.2, 0) is 0 Å². The van der Waals surface area contributed by atoms with Crippen LogP contribution in [-0.4, -0.2) is 16.1 Å². The summed E-state index contributed by atoms with van der Waals surface area (Å²) in [6.45, 7) is 3.67. The fourth-order valence-electron chi connectivity index (χ4n) is 0.873. The standard InChI is InChI=1S/C8H10N2O2/c1-6(2)10-8(12)4-3-7(5-11)9-10/h3-6H,1-2H3. The number of hydrogen-bond acceptors (Lipinski definition) is 3. The van der Waals surface area contributed by atoms with Gasteiger partial charge in [0.2, 0.25) is 0 Å². The molecule has 0 radical (unpaired) electrons. The van der Waals surface area contributed by atoms with Crippen LogP contribution in [0.3, 0.4) is 0 Å². The second-order valence-electron chi connectivity index (χ2n) is 2.75. The van der Waals surface area contributed by atoms with Crippen molar-refractivity contribution in [3.8, 4) is 0 Å². The Balaban J connectivity index is 3.26. The second kappa shape index (κ2) is 3.30. The molecule has 1 rings (SSSR count). The molecule has 12 heavy (non-hydrogen) atoms. The molecular formula is C8H10N2O2. The lowest BCUT2D eigenvalue weighted by Crippen LogP contribution is -2.24. The van der Waals surface area contributed by atoms with Crippen LogP contribution in [0.5, 0.6) is 0 Å². The fourth-order valence-corrected chi connectivity index (χ4v) is 0.873. The molecule has 0 bridgehead atoms. The molecule has 0 aliphatic rings. The largest absolute Gasteiger partial charge is 0.296 e. The van der Waals surface area contributed by atoms with Gasteiger partial charge in [-0.05, 0) is 19.9 Å². The van der Waals surface area contributed by atoms with E-state index in [0.29, 0.717) is 6.29 Å². The average molecular weight is 166 g/mol. The molecule has 0 aromatic carbocycles. The zero-order valence-corrected chi connectivity index (χ0v) is 7.02. The van der Waals surface area contributed by atoms with Crippen LogP contribution in [0.2, 0.25) is 0 Å². The Bertz CT molecular complexity index is 341. The number of aldehydes is 1. The smallest absolute Gasteiger partial charge is 0.267 e. The molecule has 64 valence electrons. The summed E-state index contributed by atoms with van der Waals surface area (Å²) >= 11 is 0. The maximum absolute atomic E-state index is 11.1. The lowest BCUT2D eigenvalue weighted by molar-refractivity contribution is 0.111. The number of carbonyl (C=O) groups excluding carboxylic acids is 1. The van der Waals surface area contributed by atoms with Gasteiger partial charge in [0.15, 0.2) is 6.29 Å². The van der Waals surface area contributed by atoms with Crippen molar-refractivity contribution in [1.82, 2.24) is 9.78 Å². The summed E-state index contributed by atoms with van der Waals surface area (Å²) in [6, 6.07) is 2.74. The minimum absolute atomic E-state index is 0.0163. The van der Waals surface area contributed by atoms with E-state index >= 15 is 0 Å². The van der Waals surface area contributed by atoms with Crippen LogP contribution < -0.4 is 5.56 Å². The Labute approximate surface area is 69.8 Å². The third-order valence-corrected chi connectivity index (χ3v) is 1.46. The van der Waals surface area contributed by atoms with Gasteiger partial charge >= 0.3 is 0 Å². The molecule has 4 nitrogen and oxygen atoms in total. The van der Waals surface area contributed by atoms with Gasteiger partial charge in [-0.3, -0.25) is 9.59 Å². The van der Waals surface area contributed by atoms with E-state index in [1.807, 2.05) is 13.8 Å². The van der Waals surface area contributed by atoms with E-state index in [1.165, 1.54) is 16.8 Å². The lowest BCUT2D eigenvalue weighted by Gasteiger charge is -2.06. The van der Waals surface area contributed by atoms with E-state index in [9.17, 15) is 9.59 Å². The van der Waals surface area contributed by atoms with Crippen LogP contribution in [0.4, 0.5) is 0 Å². The topological polar surface area (TPSA) is 52.0 Å². The first-order valence-electron chi connectivity index (χ1n) is 3.70. The first-order valence-corrected chi connectivity index (χ1v) is 3.70. The van der Waals surface area contributed by atoms with Crippen LogP contribution in [0.15, 0.2) is 16.9 Å². The van der Waals surface area contributed by atoms with E-state index < -0.39 is 0 Å². The molecule has 0 saturated heterocycles. The van der Waals surface area contributed by atoms with E-state index in [2.05, 4.69) is 5.10 Å². The van der Waals surface area contributed by atoms with E-state index in [1.54, 1.807) is 0 Å². The van der Waals surface area contributed by atoms with Gasteiger partial charge in [0.1, 0.15) is 5.69 Å². The quantitative estimate of drug-likeness (QED) is 0.606. The van der Waals surface area contributed by atoms with Crippen molar-refractivity contribution in [2.24, 2.45) is 0 Å². The van der Waals surface area contributed by atoms with E-state index in [0.717, 1.165) is 0 Å². The number of nitrogens with zero attached hydrogens (tertiary/aromatic N) is 2. The van der Waals surface area contributed by atoms with Crippen molar-refractivity contribution in [3.05, 3.63) is 28.2 Å². The highest BCUT2D eigenvalue weighted by atomic mass is 16.1. The van der Waals surface area contributed by atoms with Crippen LogP contribution in [0.1, 0.15) is 30.4 Å². The SMILES string of the molecule is CC(C)n1nc(C=O)ccc1=O. The van der Waals surface area contributed by atoms with Gasteiger partial charge < -0.3 is 0 Å². The Morgan fingerprint density at radius 3 is 2.67 bits per heavy atom. The van der Waals surface area contributed by atoms with Gasteiger partial charge in [-0.25, -0.2) is 4.68 Å². The van der Waals surface area contributed by atoms with Crippen LogP contribution in [0, 0.1) is 0 Å². The molecule has 0 saturated carbocycles. The second-order valence-corrected chi connectivity index (χ2v) is 2.75. The van der Waals surface area contributed by atoms with Crippen molar-refractivity contribution < 1.29 is 4.79 Å².